The van der Waals surface area contributed by atoms with E-state index >= 15 is 0 Å². The number of aliphatic hydroxyl groups is 1. The molecule has 0 aliphatic rings. The number of carbonyl (C=O) groups is 1. The summed E-state index contributed by atoms with van der Waals surface area (Å²) in [7, 11) is 0. The van der Waals surface area contributed by atoms with E-state index in [4.69, 9.17) is 4.74 Å². The van der Waals surface area contributed by atoms with E-state index in [2.05, 4.69) is 33.2 Å². The van der Waals surface area contributed by atoms with Crippen molar-refractivity contribution in [2.24, 2.45) is 0 Å². The van der Waals surface area contributed by atoms with Crippen LogP contribution in [0.1, 0.15) is 22.3 Å². The molecule has 5 nitrogen and oxygen atoms in total. The first-order valence-corrected chi connectivity index (χ1v) is 14.0. The fourth-order valence-electron chi connectivity index (χ4n) is 4.28. The van der Waals surface area contributed by atoms with Gasteiger partial charge in [0.1, 0.15) is 24.0 Å². The molecule has 0 saturated carbocycles. The van der Waals surface area contributed by atoms with E-state index in [0.717, 1.165) is 26.3 Å². The highest BCUT2D eigenvalue weighted by Crippen LogP contribution is 2.16. The zero-order valence-corrected chi connectivity index (χ0v) is 24.0. The summed E-state index contributed by atoms with van der Waals surface area (Å²) in [6.45, 7) is 0.890. The normalized spacial score (nSPS) is 12.5. The standard InChI is InChI=1S/C32H31F2IN2O3/c33-26-13-25(14-27(34)18-26)16-30(36-19-24-7-4-8-28(35)15-24)31(38)20-37-32(39)17-22-9-11-29(12-10-22)40-21-23-5-2-1-3-6-23/h1-15,18,30-31,36,38H,16-17,19-21H2,(H,37,39). The van der Waals surface area contributed by atoms with Crippen LogP contribution in [0.2, 0.25) is 0 Å². The Labute approximate surface area is 246 Å². The molecule has 4 aromatic rings. The SMILES string of the molecule is O=C(Cc1ccc(OCc2ccccc2)cc1)NCC(O)C(Cc1cc(F)cc(F)c1)NCc1cccc(I)c1. The topological polar surface area (TPSA) is 70.6 Å². The van der Waals surface area contributed by atoms with Gasteiger partial charge in [-0.25, -0.2) is 8.78 Å². The second-order valence-corrected chi connectivity index (χ2v) is 10.8. The minimum atomic E-state index is -0.994. The molecule has 0 heterocycles. The molecule has 0 aliphatic carbocycles. The van der Waals surface area contributed by atoms with Gasteiger partial charge in [-0.3, -0.25) is 4.79 Å². The number of halogens is 3. The summed E-state index contributed by atoms with van der Waals surface area (Å²) in [4.78, 5) is 12.6. The minimum absolute atomic E-state index is 0.0150. The Balaban J connectivity index is 1.31. The van der Waals surface area contributed by atoms with Crippen molar-refractivity contribution in [3.63, 3.8) is 0 Å². The predicted octanol–water partition coefficient (Wildman–Crippen LogP) is 5.57. The first kappa shape index (κ1) is 29.6. The van der Waals surface area contributed by atoms with Gasteiger partial charge < -0.3 is 20.5 Å². The third-order valence-corrected chi connectivity index (χ3v) is 7.02. The van der Waals surface area contributed by atoms with Crippen LogP contribution in [0.5, 0.6) is 5.75 Å². The maximum atomic E-state index is 13.8. The van der Waals surface area contributed by atoms with Crippen molar-refractivity contribution in [1.82, 2.24) is 10.6 Å². The lowest BCUT2D eigenvalue weighted by Gasteiger charge is -2.25. The largest absolute Gasteiger partial charge is 0.489 e. The molecule has 1 amide bonds. The van der Waals surface area contributed by atoms with Crippen molar-refractivity contribution in [1.29, 1.82) is 0 Å². The lowest BCUT2D eigenvalue weighted by atomic mass is 10.00. The highest BCUT2D eigenvalue weighted by Gasteiger charge is 2.21. The number of benzene rings is 4. The van der Waals surface area contributed by atoms with Crippen LogP contribution in [0.15, 0.2) is 97.1 Å². The number of rotatable bonds is 13. The van der Waals surface area contributed by atoms with E-state index in [1.165, 1.54) is 12.1 Å². The van der Waals surface area contributed by atoms with Crippen molar-refractivity contribution in [2.75, 3.05) is 6.54 Å². The molecule has 0 bridgehead atoms. The van der Waals surface area contributed by atoms with Gasteiger partial charge in [0.15, 0.2) is 0 Å². The molecule has 0 saturated heterocycles. The van der Waals surface area contributed by atoms with Crippen molar-refractivity contribution in [3.8, 4) is 5.75 Å². The van der Waals surface area contributed by atoms with Crippen LogP contribution < -0.4 is 15.4 Å². The molecule has 4 rings (SSSR count). The van der Waals surface area contributed by atoms with E-state index in [9.17, 15) is 18.7 Å². The molecule has 0 radical (unpaired) electrons. The molecule has 0 aliphatic heterocycles. The summed E-state index contributed by atoms with van der Waals surface area (Å²) in [5.41, 5.74) is 3.30. The van der Waals surface area contributed by atoms with Gasteiger partial charge >= 0.3 is 0 Å². The number of hydrogen-bond acceptors (Lipinski definition) is 4. The van der Waals surface area contributed by atoms with Crippen LogP contribution in [0, 0.1) is 15.2 Å². The summed E-state index contributed by atoms with van der Waals surface area (Å²) in [6, 6.07) is 27.8. The third-order valence-electron chi connectivity index (χ3n) is 6.34. The van der Waals surface area contributed by atoms with Crippen LogP contribution in [-0.4, -0.2) is 29.7 Å². The Hall–Kier alpha value is -3.34. The number of aliphatic hydroxyl groups excluding tert-OH is 1. The van der Waals surface area contributed by atoms with Gasteiger partial charge in [-0.15, -0.1) is 0 Å². The van der Waals surface area contributed by atoms with Gasteiger partial charge in [0, 0.05) is 28.8 Å². The van der Waals surface area contributed by atoms with Gasteiger partial charge in [-0.1, -0.05) is 54.6 Å². The van der Waals surface area contributed by atoms with E-state index in [-0.39, 0.29) is 25.3 Å². The minimum Gasteiger partial charge on any atom is -0.489 e. The molecule has 0 spiro atoms. The Morgan fingerprint density at radius 3 is 2.23 bits per heavy atom. The maximum absolute atomic E-state index is 13.8. The molecule has 40 heavy (non-hydrogen) atoms. The monoisotopic (exact) mass is 656 g/mol. The van der Waals surface area contributed by atoms with E-state index < -0.39 is 23.8 Å². The number of carbonyl (C=O) groups excluding carboxylic acids is 1. The molecule has 2 atom stereocenters. The zero-order valence-electron chi connectivity index (χ0n) is 21.8. The maximum Gasteiger partial charge on any atom is 0.224 e. The third kappa shape index (κ3) is 9.69. The molecule has 0 fully saturated rings. The van der Waals surface area contributed by atoms with Crippen LogP contribution in [0.3, 0.4) is 0 Å². The first-order chi connectivity index (χ1) is 19.3. The van der Waals surface area contributed by atoms with Crippen LogP contribution >= 0.6 is 22.6 Å². The molecule has 2 unspecified atom stereocenters. The van der Waals surface area contributed by atoms with Crippen molar-refractivity contribution >= 4 is 28.5 Å². The van der Waals surface area contributed by atoms with Gasteiger partial charge in [0.25, 0.3) is 0 Å². The van der Waals surface area contributed by atoms with Crippen LogP contribution in [0.25, 0.3) is 0 Å². The van der Waals surface area contributed by atoms with Crippen LogP contribution in [0.4, 0.5) is 8.78 Å². The molecular weight excluding hydrogens is 625 g/mol. The van der Waals surface area contributed by atoms with E-state index in [1.54, 1.807) is 0 Å². The summed E-state index contributed by atoms with van der Waals surface area (Å²) in [5, 5.41) is 17.0. The Morgan fingerprint density at radius 2 is 1.52 bits per heavy atom. The number of hydrogen-bond donors (Lipinski definition) is 3. The predicted molar refractivity (Wildman–Crippen MR) is 160 cm³/mol. The quantitative estimate of drug-likeness (QED) is 0.165. The number of nitrogens with one attached hydrogen (secondary N) is 2. The average Bonchev–Trinajstić information content (AvgIpc) is 2.94. The smallest absolute Gasteiger partial charge is 0.224 e. The van der Waals surface area contributed by atoms with Crippen molar-refractivity contribution in [3.05, 3.63) is 135 Å². The van der Waals surface area contributed by atoms with Crippen molar-refractivity contribution < 1.29 is 23.4 Å². The number of ether oxygens (including phenoxy) is 1. The second-order valence-electron chi connectivity index (χ2n) is 9.57. The molecule has 208 valence electrons. The molecule has 4 aromatic carbocycles. The summed E-state index contributed by atoms with van der Waals surface area (Å²) in [5.74, 6) is -0.888. The Kier molecular flexibility index (Phi) is 11.0. The number of amides is 1. The van der Waals surface area contributed by atoms with Crippen molar-refractivity contribution in [2.45, 2.75) is 38.1 Å². The highest BCUT2D eigenvalue weighted by atomic mass is 127. The Bertz CT molecular complexity index is 1370. The lowest BCUT2D eigenvalue weighted by molar-refractivity contribution is -0.121. The van der Waals surface area contributed by atoms with E-state index in [0.29, 0.717) is 24.5 Å². The summed E-state index contributed by atoms with van der Waals surface area (Å²) < 4.78 is 34.5. The first-order valence-electron chi connectivity index (χ1n) is 13.0. The summed E-state index contributed by atoms with van der Waals surface area (Å²) in [6.07, 6.45) is -0.673. The van der Waals surface area contributed by atoms with Crippen LogP contribution in [-0.2, 0) is 30.8 Å². The van der Waals surface area contributed by atoms with Gasteiger partial charge in [0.05, 0.1) is 12.5 Å². The molecule has 0 aromatic heterocycles. The molecular formula is C32H31F2IN2O3. The van der Waals surface area contributed by atoms with E-state index in [1.807, 2.05) is 78.9 Å². The highest BCUT2D eigenvalue weighted by molar-refractivity contribution is 14.1. The lowest BCUT2D eigenvalue weighted by Crippen LogP contribution is -2.47. The zero-order chi connectivity index (χ0) is 28.3. The average molecular weight is 657 g/mol. The fourth-order valence-corrected chi connectivity index (χ4v) is 4.88. The molecule has 3 N–H and O–H groups in total. The molecule has 8 heteroatoms. The second kappa shape index (κ2) is 14.9. The van der Waals surface area contributed by atoms with Gasteiger partial charge in [-0.05, 0) is 87.7 Å². The van der Waals surface area contributed by atoms with Gasteiger partial charge in [0.2, 0.25) is 5.91 Å². The van der Waals surface area contributed by atoms with Gasteiger partial charge in [-0.2, -0.15) is 0 Å². The fraction of sp³-hybridized carbons (Fsp3) is 0.219. The Morgan fingerprint density at radius 1 is 0.825 bits per heavy atom. The summed E-state index contributed by atoms with van der Waals surface area (Å²) >= 11 is 2.22.